The van der Waals surface area contributed by atoms with Crippen molar-refractivity contribution in [3.05, 3.63) is 60.2 Å². The van der Waals surface area contributed by atoms with Crippen LogP contribution >= 0.6 is 0 Å². The maximum absolute atomic E-state index is 4.11. The summed E-state index contributed by atoms with van der Waals surface area (Å²) in [6.07, 6.45) is 11.1. The van der Waals surface area contributed by atoms with Crippen LogP contribution in [0, 0.1) is 0 Å². The molecule has 0 saturated carbocycles. The molecule has 0 heterocycles. The number of unbranched alkanes of at least 4 members (excludes halogenated alkanes) is 4. The molecule has 0 nitrogen and oxygen atoms in total. The van der Waals surface area contributed by atoms with Crippen molar-refractivity contribution >= 4 is 0 Å². The Balaban J connectivity index is 2.49. The third kappa shape index (κ3) is 5.35. The predicted molar refractivity (Wildman–Crippen MR) is 81.9 cm³/mol. The van der Waals surface area contributed by atoms with Crippen molar-refractivity contribution in [3.63, 3.8) is 0 Å². The van der Waals surface area contributed by atoms with Gasteiger partial charge in [0.05, 0.1) is 0 Å². The van der Waals surface area contributed by atoms with E-state index in [1.54, 1.807) is 0 Å². The van der Waals surface area contributed by atoms with Gasteiger partial charge in [-0.15, -0.1) is 0 Å². The Hall–Kier alpha value is -1.30. The van der Waals surface area contributed by atoms with E-state index < -0.39 is 0 Å². The monoisotopic (exact) mass is 242 g/mol. The summed E-state index contributed by atoms with van der Waals surface area (Å²) in [6.45, 7) is 8.47. The van der Waals surface area contributed by atoms with Crippen LogP contribution in [0.4, 0.5) is 0 Å². The summed E-state index contributed by atoms with van der Waals surface area (Å²) < 4.78 is 0. The van der Waals surface area contributed by atoms with Gasteiger partial charge < -0.3 is 0 Å². The average molecular weight is 242 g/mol. The molecule has 0 aliphatic carbocycles. The number of hydrogen-bond donors (Lipinski definition) is 0. The number of rotatable bonds is 8. The third-order valence-electron chi connectivity index (χ3n) is 3.24. The summed E-state index contributed by atoms with van der Waals surface area (Å²) in [6, 6.07) is 10.6. The molecule has 0 aliphatic heterocycles. The molecular formula is C18H26. The molecule has 0 radical (unpaired) electrons. The third-order valence-corrected chi connectivity index (χ3v) is 3.24. The van der Waals surface area contributed by atoms with E-state index in [0.29, 0.717) is 5.92 Å². The lowest BCUT2D eigenvalue weighted by atomic mass is 9.92. The van der Waals surface area contributed by atoms with Crippen LogP contribution in [0.2, 0.25) is 0 Å². The van der Waals surface area contributed by atoms with Crippen LogP contribution in [-0.2, 0) is 0 Å². The molecule has 0 amide bonds. The largest absolute Gasteiger partial charge is 0.0992 e. The molecule has 0 N–H and O–H groups in total. The Labute approximate surface area is 112 Å². The summed E-state index contributed by atoms with van der Waals surface area (Å²) in [4.78, 5) is 0. The fourth-order valence-corrected chi connectivity index (χ4v) is 2.14. The first-order valence-corrected chi connectivity index (χ1v) is 7.12. The molecule has 0 unspecified atom stereocenters. The maximum Gasteiger partial charge on any atom is 0.0222 e. The van der Waals surface area contributed by atoms with Crippen molar-refractivity contribution in [1.29, 1.82) is 0 Å². The van der Waals surface area contributed by atoms with Crippen molar-refractivity contribution in [2.24, 2.45) is 0 Å². The van der Waals surface area contributed by atoms with Crippen LogP contribution in [0.5, 0.6) is 0 Å². The van der Waals surface area contributed by atoms with Crippen LogP contribution in [0.15, 0.2) is 54.6 Å². The highest BCUT2D eigenvalue weighted by atomic mass is 14.1. The first kappa shape index (κ1) is 14.8. The molecule has 0 aliphatic rings. The summed E-state index contributed by atoms with van der Waals surface area (Å²) in [7, 11) is 0. The zero-order chi connectivity index (χ0) is 13.2. The highest BCUT2D eigenvalue weighted by Crippen LogP contribution is 2.24. The molecule has 1 aromatic carbocycles. The van der Waals surface area contributed by atoms with Crippen molar-refractivity contribution in [2.45, 2.75) is 51.9 Å². The molecule has 0 aromatic heterocycles. The minimum Gasteiger partial charge on any atom is -0.0992 e. The quantitative estimate of drug-likeness (QED) is 0.395. The average Bonchev–Trinajstić information content (AvgIpc) is 2.38. The van der Waals surface area contributed by atoms with Gasteiger partial charge in [-0.25, -0.2) is 0 Å². The van der Waals surface area contributed by atoms with Gasteiger partial charge >= 0.3 is 0 Å². The second-order valence-electron chi connectivity index (χ2n) is 5.01. The highest BCUT2D eigenvalue weighted by Gasteiger charge is 2.07. The topological polar surface area (TPSA) is 0 Å². The molecule has 0 bridgehead atoms. The predicted octanol–water partition coefficient (Wildman–Crippen LogP) is 5.87. The Bertz CT molecular complexity index is 359. The second-order valence-corrected chi connectivity index (χ2v) is 5.01. The van der Waals surface area contributed by atoms with Gasteiger partial charge in [0.1, 0.15) is 0 Å². The van der Waals surface area contributed by atoms with E-state index in [9.17, 15) is 0 Å². The Morgan fingerprint density at radius 3 is 2.50 bits per heavy atom. The van der Waals surface area contributed by atoms with Crippen molar-refractivity contribution in [2.75, 3.05) is 0 Å². The lowest BCUT2D eigenvalue weighted by Gasteiger charge is -2.13. The number of hydrogen-bond acceptors (Lipinski definition) is 0. The first-order valence-electron chi connectivity index (χ1n) is 7.12. The number of allylic oxidation sites excluding steroid dienone is 3. The molecule has 18 heavy (non-hydrogen) atoms. The molecule has 98 valence electrons. The lowest BCUT2D eigenvalue weighted by molar-refractivity contribution is 0.673. The Kier molecular flexibility index (Phi) is 7.17. The van der Waals surface area contributed by atoms with Crippen LogP contribution in [0.1, 0.15) is 57.4 Å². The van der Waals surface area contributed by atoms with E-state index in [-0.39, 0.29) is 0 Å². The van der Waals surface area contributed by atoms with Gasteiger partial charge in [0.25, 0.3) is 0 Å². The maximum atomic E-state index is 4.11. The van der Waals surface area contributed by atoms with Crippen LogP contribution < -0.4 is 0 Å². The molecule has 1 rings (SSSR count). The van der Waals surface area contributed by atoms with Crippen molar-refractivity contribution < 1.29 is 0 Å². The van der Waals surface area contributed by atoms with E-state index in [0.717, 1.165) is 0 Å². The minimum atomic E-state index is 0.373. The van der Waals surface area contributed by atoms with E-state index in [4.69, 9.17) is 0 Å². The van der Waals surface area contributed by atoms with Crippen LogP contribution in [0.3, 0.4) is 0 Å². The minimum absolute atomic E-state index is 0.373. The van der Waals surface area contributed by atoms with Gasteiger partial charge in [-0.1, -0.05) is 80.8 Å². The summed E-state index contributed by atoms with van der Waals surface area (Å²) >= 11 is 0. The fraction of sp³-hybridized carbons (Fsp3) is 0.444. The molecule has 1 atom stereocenters. The normalized spacial score (nSPS) is 12.8. The summed E-state index contributed by atoms with van der Waals surface area (Å²) in [5.74, 6) is 0.373. The Morgan fingerprint density at radius 2 is 1.89 bits per heavy atom. The molecule has 0 spiro atoms. The lowest BCUT2D eigenvalue weighted by Crippen LogP contribution is -1.95. The summed E-state index contributed by atoms with van der Waals surface area (Å²) in [5.41, 5.74) is 2.56. The highest BCUT2D eigenvalue weighted by molar-refractivity contribution is 5.31. The van der Waals surface area contributed by atoms with Gasteiger partial charge in [-0.2, -0.15) is 0 Å². The summed E-state index contributed by atoms with van der Waals surface area (Å²) in [5, 5.41) is 0. The van der Waals surface area contributed by atoms with Gasteiger partial charge in [0.15, 0.2) is 0 Å². The van der Waals surface area contributed by atoms with E-state index in [1.807, 2.05) is 0 Å². The van der Waals surface area contributed by atoms with Gasteiger partial charge in [-0.3, -0.25) is 0 Å². The van der Waals surface area contributed by atoms with Crippen LogP contribution in [-0.4, -0.2) is 0 Å². The van der Waals surface area contributed by atoms with E-state index in [2.05, 4.69) is 62.9 Å². The first-order chi connectivity index (χ1) is 8.75. The van der Waals surface area contributed by atoms with Crippen molar-refractivity contribution in [1.82, 2.24) is 0 Å². The SMILES string of the molecule is C=C(C)[C@H](/C=C/CCCCCC)c1ccccc1. The molecule has 1 aromatic rings. The molecule has 0 heteroatoms. The Morgan fingerprint density at radius 1 is 1.17 bits per heavy atom. The number of benzene rings is 1. The van der Waals surface area contributed by atoms with E-state index in [1.165, 1.54) is 43.2 Å². The van der Waals surface area contributed by atoms with Gasteiger partial charge in [-0.05, 0) is 25.3 Å². The molecule has 0 fully saturated rings. The van der Waals surface area contributed by atoms with Gasteiger partial charge in [0.2, 0.25) is 0 Å². The van der Waals surface area contributed by atoms with Gasteiger partial charge in [0, 0.05) is 5.92 Å². The molecular weight excluding hydrogens is 216 g/mol. The van der Waals surface area contributed by atoms with E-state index >= 15 is 0 Å². The zero-order valence-electron chi connectivity index (χ0n) is 11.9. The zero-order valence-corrected chi connectivity index (χ0v) is 11.9. The standard InChI is InChI=1S/C18H26/c1-4-5-6-7-8-12-15-18(16(2)3)17-13-10-9-11-14-17/h9-15,18H,2,4-8H2,1,3H3/b15-12+/t18-/m0/s1. The molecule has 0 saturated heterocycles. The second kappa shape index (κ2) is 8.74. The van der Waals surface area contributed by atoms with Crippen molar-refractivity contribution in [3.8, 4) is 0 Å². The smallest absolute Gasteiger partial charge is 0.0222 e. The fourth-order valence-electron chi connectivity index (χ4n) is 2.14. The van der Waals surface area contributed by atoms with Crippen LogP contribution in [0.25, 0.3) is 0 Å².